The third-order valence-electron chi connectivity index (χ3n) is 3.13. The summed E-state index contributed by atoms with van der Waals surface area (Å²) in [5.74, 6) is 0.0281. The molecule has 0 aliphatic carbocycles. The molecule has 2 rings (SSSR count). The first-order valence-electron chi connectivity index (χ1n) is 5.73. The van der Waals surface area contributed by atoms with Gasteiger partial charge in [0.1, 0.15) is 0 Å². The van der Waals surface area contributed by atoms with Gasteiger partial charge in [-0.15, -0.1) is 11.3 Å². The van der Waals surface area contributed by atoms with Gasteiger partial charge in [0.15, 0.2) is 5.13 Å². The number of carbonyl (C=O) groups excluding carboxylic acids is 1. The lowest BCUT2D eigenvalue weighted by Crippen LogP contribution is -2.41. The van der Waals surface area contributed by atoms with Crippen LogP contribution in [0.25, 0.3) is 0 Å². The van der Waals surface area contributed by atoms with E-state index in [-0.39, 0.29) is 18.6 Å². The molecule has 6 heteroatoms. The average molecular weight is 255 g/mol. The third-order valence-corrected chi connectivity index (χ3v) is 3.98. The Balaban J connectivity index is 1.92. The van der Waals surface area contributed by atoms with E-state index in [0.29, 0.717) is 6.54 Å². The molecule has 5 nitrogen and oxygen atoms in total. The summed E-state index contributed by atoms with van der Waals surface area (Å²) < 4.78 is 0. The van der Waals surface area contributed by atoms with Gasteiger partial charge in [0, 0.05) is 24.7 Å². The van der Waals surface area contributed by atoms with Crippen molar-refractivity contribution in [3.63, 3.8) is 0 Å². The lowest BCUT2D eigenvalue weighted by molar-refractivity contribution is -0.119. The molecule has 1 atom stereocenters. The lowest BCUT2D eigenvalue weighted by atomic mass is 10.2. The Morgan fingerprint density at radius 3 is 3.24 bits per heavy atom. The number of aliphatic hydroxyl groups is 1. The van der Waals surface area contributed by atoms with Crippen LogP contribution in [0.4, 0.5) is 5.13 Å². The van der Waals surface area contributed by atoms with Crippen LogP contribution in [0.5, 0.6) is 0 Å². The van der Waals surface area contributed by atoms with Crippen LogP contribution in [-0.4, -0.2) is 53.7 Å². The van der Waals surface area contributed by atoms with Crippen LogP contribution in [0.3, 0.4) is 0 Å². The van der Waals surface area contributed by atoms with Gasteiger partial charge in [-0.3, -0.25) is 14.6 Å². The predicted octanol–water partition coefficient (Wildman–Crippen LogP) is 0.563. The summed E-state index contributed by atoms with van der Waals surface area (Å²) >= 11 is 1.45. The van der Waals surface area contributed by atoms with Gasteiger partial charge in [-0.05, 0) is 19.4 Å². The number of rotatable bonds is 4. The van der Waals surface area contributed by atoms with Crippen molar-refractivity contribution in [2.75, 3.05) is 31.6 Å². The standard InChI is InChI=1S/C11H17N3O2S/c1-13(11-12-4-6-17-11)10(16)7-14-5-2-3-9(14)8-15/h4,6,9,15H,2-3,5,7-8H2,1H3/t9-/m1/s1. The van der Waals surface area contributed by atoms with Crippen molar-refractivity contribution in [2.24, 2.45) is 0 Å². The van der Waals surface area contributed by atoms with Crippen LogP contribution in [0, 0.1) is 0 Å². The van der Waals surface area contributed by atoms with E-state index in [1.54, 1.807) is 18.1 Å². The van der Waals surface area contributed by atoms with Crippen molar-refractivity contribution in [2.45, 2.75) is 18.9 Å². The molecule has 1 aromatic heterocycles. The van der Waals surface area contributed by atoms with Gasteiger partial charge in [0.2, 0.25) is 5.91 Å². The SMILES string of the molecule is CN(C(=O)CN1CCC[C@@H]1CO)c1nccs1. The maximum atomic E-state index is 12.0. The fraction of sp³-hybridized carbons (Fsp3) is 0.636. The van der Waals surface area contributed by atoms with Gasteiger partial charge in [-0.1, -0.05) is 0 Å². The Morgan fingerprint density at radius 2 is 2.59 bits per heavy atom. The van der Waals surface area contributed by atoms with Gasteiger partial charge >= 0.3 is 0 Å². The molecule has 17 heavy (non-hydrogen) atoms. The fourth-order valence-corrected chi connectivity index (χ4v) is 2.70. The van der Waals surface area contributed by atoms with Gasteiger partial charge < -0.3 is 5.11 Å². The number of hydrogen-bond acceptors (Lipinski definition) is 5. The highest BCUT2D eigenvalue weighted by Crippen LogP contribution is 2.19. The number of hydrogen-bond donors (Lipinski definition) is 1. The zero-order valence-electron chi connectivity index (χ0n) is 9.87. The Labute approximate surface area is 105 Å². The number of likely N-dealkylation sites (tertiary alicyclic amines) is 1. The second kappa shape index (κ2) is 5.57. The van der Waals surface area contributed by atoms with Crippen LogP contribution < -0.4 is 4.90 Å². The second-order valence-corrected chi connectivity index (χ2v) is 5.09. The van der Waals surface area contributed by atoms with Crippen molar-refractivity contribution in [3.05, 3.63) is 11.6 Å². The smallest absolute Gasteiger partial charge is 0.242 e. The largest absolute Gasteiger partial charge is 0.395 e. The first-order valence-corrected chi connectivity index (χ1v) is 6.61. The zero-order valence-corrected chi connectivity index (χ0v) is 10.7. The Bertz CT molecular complexity index is 369. The molecule has 94 valence electrons. The zero-order chi connectivity index (χ0) is 12.3. The van der Waals surface area contributed by atoms with Crippen LogP contribution in [-0.2, 0) is 4.79 Å². The van der Waals surface area contributed by atoms with E-state index in [9.17, 15) is 9.90 Å². The fourth-order valence-electron chi connectivity index (χ4n) is 2.08. The van der Waals surface area contributed by atoms with E-state index >= 15 is 0 Å². The maximum Gasteiger partial charge on any atom is 0.242 e. The minimum Gasteiger partial charge on any atom is -0.395 e. The first-order chi connectivity index (χ1) is 8.22. The van der Waals surface area contributed by atoms with E-state index in [4.69, 9.17) is 0 Å². The Kier molecular flexibility index (Phi) is 4.09. The number of anilines is 1. The van der Waals surface area contributed by atoms with E-state index in [0.717, 1.165) is 24.5 Å². The van der Waals surface area contributed by atoms with Gasteiger partial charge in [-0.25, -0.2) is 4.98 Å². The molecular formula is C11H17N3O2S. The molecule has 1 aliphatic rings. The molecule has 0 unspecified atom stereocenters. The van der Waals surface area contributed by atoms with Gasteiger partial charge in [-0.2, -0.15) is 0 Å². The van der Waals surface area contributed by atoms with E-state index in [2.05, 4.69) is 4.98 Å². The topological polar surface area (TPSA) is 56.7 Å². The molecule has 1 amide bonds. The Morgan fingerprint density at radius 1 is 1.76 bits per heavy atom. The van der Waals surface area contributed by atoms with Crippen LogP contribution in [0.1, 0.15) is 12.8 Å². The monoisotopic (exact) mass is 255 g/mol. The summed E-state index contributed by atoms with van der Waals surface area (Å²) in [6, 6.07) is 0.142. The molecule has 0 saturated carbocycles. The summed E-state index contributed by atoms with van der Waals surface area (Å²) in [4.78, 5) is 19.8. The molecule has 1 aliphatic heterocycles. The number of aliphatic hydroxyl groups excluding tert-OH is 1. The first kappa shape index (κ1) is 12.5. The number of thiazole rings is 1. The molecule has 0 bridgehead atoms. The van der Waals surface area contributed by atoms with Crippen molar-refractivity contribution in [1.29, 1.82) is 0 Å². The normalized spacial score (nSPS) is 20.7. The van der Waals surface area contributed by atoms with Crippen LogP contribution in [0.2, 0.25) is 0 Å². The van der Waals surface area contributed by atoms with Crippen molar-refractivity contribution >= 4 is 22.4 Å². The van der Waals surface area contributed by atoms with Gasteiger partial charge in [0.25, 0.3) is 0 Å². The summed E-state index contributed by atoms with van der Waals surface area (Å²) in [6.45, 7) is 1.39. The van der Waals surface area contributed by atoms with E-state index in [1.165, 1.54) is 11.3 Å². The summed E-state index contributed by atoms with van der Waals surface area (Å²) in [7, 11) is 1.74. The van der Waals surface area contributed by atoms with Crippen molar-refractivity contribution < 1.29 is 9.90 Å². The number of nitrogens with zero attached hydrogens (tertiary/aromatic N) is 3. The Hall–Kier alpha value is -0.980. The van der Waals surface area contributed by atoms with Crippen LogP contribution in [0.15, 0.2) is 11.6 Å². The highest BCUT2D eigenvalue weighted by atomic mass is 32.1. The summed E-state index contributed by atoms with van der Waals surface area (Å²) in [5, 5.41) is 11.8. The number of aromatic nitrogens is 1. The average Bonchev–Trinajstić information content (AvgIpc) is 2.98. The molecule has 0 aromatic carbocycles. The molecular weight excluding hydrogens is 238 g/mol. The molecule has 0 radical (unpaired) electrons. The quantitative estimate of drug-likeness (QED) is 0.854. The third kappa shape index (κ3) is 2.83. The summed E-state index contributed by atoms with van der Waals surface area (Å²) in [6.07, 6.45) is 3.72. The molecule has 1 aromatic rings. The molecule has 1 saturated heterocycles. The highest BCUT2D eigenvalue weighted by Gasteiger charge is 2.27. The maximum absolute atomic E-state index is 12.0. The second-order valence-electron chi connectivity index (χ2n) is 4.22. The van der Waals surface area contributed by atoms with Crippen LogP contribution >= 0.6 is 11.3 Å². The molecule has 0 spiro atoms. The van der Waals surface area contributed by atoms with E-state index in [1.807, 2.05) is 10.3 Å². The highest BCUT2D eigenvalue weighted by molar-refractivity contribution is 7.13. The predicted molar refractivity (Wildman–Crippen MR) is 67.2 cm³/mol. The van der Waals surface area contributed by atoms with Gasteiger partial charge in [0.05, 0.1) is 13.2 Å². The van der Waals surface area contributed by atoms with Crippen molar-refractivity contribution in [1.82, 2.24) is 9.88 Å². The number of amides is 1. The minimum atomic E-state index is 0.0281. The molecule has 1 N–H and O–H groups in total. The van der Waals surface area contributed by atoms with Crippen molar-refractivity contribution in [3.8, 4) is 0 Å². The number of likely N-dealkylation sites (N-methyl/N-ethyl adjacent to an activating group) is 1. The molecule has 2 heterocycles. The minimum absolute atomic E-state index is 0.0281. The summed E-state index contributed by atoms with van der Waals surface area (Å²) in [5.41, 5.74) is 0. The number of carbonyl (C=O) groups is 1. The molecule has 1 fully saturated rings. The van der Waals surface area contributed by atoms with E-state index < -0.39 is 0 Å². The lowest BCUT2D eigenvalue weighted by Gasteiger charge is -2.24.